The zero-order valence-corrected chi connectivity index (χ0v) is 14.7. The highest BCUT2D eigenvalue weighted by molar-refractivity contribution is 6.17. The number of nitrogens with two attached hydrogens (primary N) is 1. The molecule has 3 aromatic rings. The molecule has 1 heterocycles. The van der Waals surface area contributed by atoms with E-state index in [2.05, 4.69) is 10.2 Å². The Hall–Kier alpha value is -2.66. The van der Waals surface area contributed by atoms with Crippen LogP contribution >= 0.6 is 11.6 Å². The molecular formula is C19H20ClN3O2. The number of fused-ring (bicyclic) bond motifs is 1. The highest BCUT2D eigenvalue weighted by atomic mass is 35.5. The van der Waals surface area contributed by atoms with Gasteiger partial charge in [-0.1, -0.05) is 24.3 Å². The number of hydrogen-bond acceptors (Lipinski definition) is 4. The van der Waals surface area contributed by atoms with Gasteiger partial charge in [0.2, 0.25) is 0 Å². The molecule has 0 saturated carbocycles. The molecule has 1 aromatic heterocycles. The van der Waals surface area contributed by atoms with Gasteiger partial charge < -0.3 is 15.2 Å². The molecule has 3 N–H and O–H groups in total. The van der Waals surface area contributed by atoms with Crippen LogP contribution in [0.5, 0.6) is 11.5 Å². The summed E-state index contributed by atoms with van der Waals surface area (Å²) in [5.41, 5.74) is 9.47. The van der Waals surface area contributed by atoms with E-state index in [1.54, 1.807) is 7.11 Å². The van der Waals surface area contributed by atoms with Crippen LogP contribution in [-0.4, -0.2) is 29.8 Å². The first kappa shape index (κ1) is 17.2. The Labute approximate surface area is 151 Å². The number of nitrogen functional groups attached to an aromatic ring is 1. The summed E-state index contributed by atoms with van der Waals surface area (Å²) in [6, 6.07) is 11.7. The van der Waals surface area contributed by atoms with E-state index in [1.165, 1.54) is 0 Å². The van der Waals surface area contributed by atoms with Crippen molar-refractivity contribution in [3.8, 4) is 11.5 Å². The molecule has 0 aliphatic rings. The Bertz CT molecular complexity index is 890. The third-order valence-corrected chi connectivity index (χ3v) is 4.12. The Morgan fingerprint density at radius 2 is 2.04 bits per heavy atom. The van der Waals surface area contributed by atoms with Gasteiger partial charge in [0.25, 0.3) is 0 Å². The Morgan fingerprint density at radius 1 is 1.20 bits per heavy atom. The highest BCUT2D eigenvalue weighted by Crippen LogP contribution is 2.36. The number of nitrogens with zero attached hydrogens (tertiary/aromatic N) is 1. The molecule has 0 aliphatic heterocycles. The zero-order chi connectivity index (χ0) is 17.6. The van der Waals surface area contributed by atoms with Crippen LogP contribution in [0.15, 0.2) is 36.4 Å². The zero-order valence-electron chi connectivity index (χ0n) is 14.0. The second-order valence-corrected chi connectivity index (χ2v) is 5.86. The summed E-state index contributed by atoms with van der Waals surface area (Å²) in [6.07, 6.45) is 4.61. The van der Waals surface area contributed by atoms with Gasteiger partial charge in [0.1, 0.15) is 0 Å². The van der Waals surface area contributed by atoms with Crippen molar-refractivity contribution in [1.29, 1.82) is 0 Å². The van der Waals surface area contributed by atoms with Crippen molar-refractivity contribution in [2.75, 3.05) is 25.3 Å². The van der Waals surface area contributed by atoms with Crippen LogP contribution in [-0.2, 0) is 0 Å². The average molecular weight is 358 g/mol. The first-order valence-corrected chi connectivity index (χ1v) is 8.54. The minimum absolute atomic E-state index is 0.522. The standard InChI is InChI=1S/C19H20ClN3O2/c1-24-19-17(25-12-4-11-20)10-8-13(18(19)21)7-9-16-14-5-2-3-6-15(14)22-23-16/h2-3,5-10H,4,11-12,21H2,1H3,(H,22,23)/b9-7+. The molecule has 0 bridgehead atoms. The normalized spacial score (nSPS) is 11.3. The summed E-state index contributed by atoms with van der Waals surface area (Å²) < 4.78 is 11.1. The first-order chi connectivity index (χ1) is 12.2. The van der Waals surface area contributed by atoms with E-state index in [0.717, 1.165) is 28.6 Å². The Kier molecular flexibility index (Phi) is 5.46. The van der Waals surface area contributed by atoms with Gasteiger partial charge in [-0.25, -0.2) is 0 Å². The molecule has 0 amide bonds. The van der Waals surface area contributed by atoms with E-state index in [9.17, 15) is 0 Å². The molecule has 0 atom stereocenters. The van der Waals surface area contributed by atoms with Crippen LogP contribution in [0.1, 0.15) is 17.7 Å². The van der Waals surface area contributed by atoms with Crippen molar-refractivity contribution in [2.24, 2.45) is 0 Å². The lowest BCUT2D eigenvalue weighted by Gasteiger charge is -2.14. The lowest BCUT2D eigenvalue weighted by Crippen LogP contribution is -2.03. The number of anilines is 1. The van der Waals surface area contributed by atoms with Crippen LogP contribution in [0.3, 0.4) is 0 Å². The monoisotopic (exact) mass is 357 g/mol. The van der Waals surface area contributed by atoms with Crippen molar-refractivity contribution < 1.29 is 9.47 Å². The number of ether oxygens (including phenoxy) is 2. The second kappa shape index (κ2) is 7.94. The van der Waals surface area contributed by atoms with E-state index in [4.69, 9.17) is 26.8 Å². The number of benzene rings is 2. The number of rotatable bonds is 7. The fraction of sp³-hybridized carbons (Fsp3) is 0.211. The van der Waals surface area contributed by atoms with Gasteiger partial charge in [-0.15, -0.1) is 11.6 Å². The third-order valence-electron chi connectivity index (χ3n) is 3.85. The van der Waals surface area contributed by atoms with E-state index >= 15 is 0 Å². The minimum atomic E-state index is 0.522. The van der Waals surface area contributed by atoms with Crippen molar-refractivity contribution in [3.63, 3.8) is 0 Å². The Balaban J connectivity index is 1.87. The molecule has 2 aromatic carbocycles. The summed E-state index contributed by atoms with van der Waals surface area (Å²) in [6.45, 7) is 0.522. The van der Waals surface area contributed by atoms with Crippen molar-refractivity contribution in [1.82, 2.24) is 10.2 Å². The number of methoxy groups -OCH3 is 1. The molecular weight excluding hydrogens is 338 g/mol. The molecule has 0 unspecified atom stereocenters. The van der Waals surface area contributed by atoms with Gasteiger partial charge in [0.05, 0.1) is 30.6 Å². The number of H-pyrrole nitrogens is 1. The van der Waals surface area contributed by atoms with E-state index in [0.29, 0.717) is 29.7 Å². The molecule has 0 aliphatic carbocycles. The molecule has 130 valence electrons. The lowest BCUT2D eigenvalue weighted by molar-refractivity contribution is 0.296. The first-order valence-electron chi connectivity index (χ1n) is 8.01. The number of hydrogen-bond donors (Lipinski definition) is 2. The SMILES string of the molecule is COc1c(OCCCCl)ccc(/C=C/c2n[nH]c3ccccc23)c1N. The predicted octanol–water partition coefficient (Wildman–Crippen LogP) is 4.33. The number of alkyl halides is 1. The summed E-state index contributed by atoms with van der Waals surface area (Å²) in [5.74, 6) is 1.70. The minimum Gasteiger partial charge on any atom is -0.491 e. The molecule has 0 fully saturated rings. The maximum Gasteiger partial charge on any atom is 0.184 e. The molecule has 25 heavy (non-hydrogen) atoms. The molecule has 6 heteroatoms. The quantitative estimate of drug-likeness (QED) is 0.375. The fourth-order valence-electron chi connectivity index (χ4n) is 2.58. The number of aromatic nitrogens is 2. The summed E-state index contributed by atoms with van der Waals surface area (Å²) >= 11 is 5.68. The van der Waals surface area contributed by atoms with Gasteiger partial charge in [0, 0.05) is 16.8 Å². The van der Waals surface area contributed by atoms with E-state index in [-0.39, 0.29) is 0 Å². The number of aromatic amines is 1. The lowest BCUT2D eigenvalue weighted by atomic mass is 10.1. The highest BCUT2D eigenvalue weighted by Gasteiger charge is 2.11. The van der Waals surface area contributed by atoms with Gasteiger partial charge in [-0.2, -0.15) is 5.10 Å². The van der Waals surface area contributed by atoms with Crippen molar-refractivity contribution >= 4 is 40.3 Å². The average Bonchev–Trinajstić information content (AvgIpc) is 3.05. The van der Waals surface area contributed by atoms with Crippen LogP contribution in [0.4, 0.5) is 5.69 Å². The maximum atomic E-state index is 6.24. The summed E-state index contributed by atoms with van der Waals surface area (Å²) in [7, 11) is 1.58. The molecule has 3 rings (SSSR count). The topological polar surface area (TPSA) is 73.2 Å². The third kappa shape index (κ3) is 3.72. The van der Waals surface area contributed by atoms with Gasteiger partial charge in [-0.05, 0) is 30.7 Å². The van der Waals surface area contributed by atoms with Crippen molar-refractivity contribution in [3.05, 3.63) is 47.7 Å². The van der Waals surface area contributed by atoms with Crippen LogP contribution in [0.25, 0.3) is 23.1 Å². The predicted molar refractivity (Wildman–Crippen MR) is 103 cm³/mol. The van der Waals surface area contributed by atoms with E-state index in [1.807, 2.05) is 48.6 Å². The number of nitrogens with one attached hydrogen (secondary N) is 1. The molecule has 5 nitrogen and oxygen atoms in total. The fourth-order valence-corrected chi connectivity index (χ4v) is 2.69. The maximum absolute atomic E-state index is 6.24. The van der Waals surface area contributed by atoms with Crippen molar-refractivity contribution in [2.45, 2.75) is 6.42 Å². The number of halogens is 1. The van der Waals surface area contributed by atoms with Crippen LogP contribution in [0, 0.1) is 0 Å². The Morgan fingerprint density at radius 3 is 2.84 bits per heavy atom. The molecule has 0 saturated heterocycles. The smallest absolute Gasteiger partial charge is 0.184 e. The number of para-hydroxylation sites is 1. The van der Waals surface area contributed by atoms with Crippen LogP contribution < -0.4 is 15.2 Å². The van der Waals surface area contributed by atoms with Gasteiger partial charge in [0.15, 0.2) is 11.5 Å². The molecule has 0 radical (unpaired) electrons. The van der Waals surface area contributed by atoms with Gasteiger partial charge in [-0.3, -0.25) is 5.10 Å². The largest absolute Gasteiger partial charge is 0.491 e. The second-order valence-electron chi connectivity index (χ2n) is 5.48. The van der Waals surface area contributed by atoms with E-state index < -0.39 is 0 Å². The van der Waals surface area contributed by atoms with Crippen LogP contribution in [0.2, 0.25) is 0 Å². The summed E-state index contributed by atoms with van der Waals surface area (Å²) in [5, 5.41) is 8.40. The van der Waals surface area contributed by atoms with Gasteiger partial charge >= 0.3 is 0 Å². The summed E-state index contributed by atoms with van der Waals surface area (Å²) in [4.78, 5) is 0. The molecule has 0 spiro atoms.